The van der Waals surface area contributed by atoms with E-state index in [4.69, 9.17) is 25.9 Å². The number of rotatable bonds is 3. The van der Waals surface area contributed by atoms with E-state index in [0.29, 0.717) is 27.5 Å². The average molecular weight is 319 g/mol. The topological polar surface area (TPSA) is 76.7 Å². The van der Waals surface area contributed by atoms with Crippen LogP contribution in [0.3, 0.4) is 0 Å². The normalized spacial score (nSPS) is 11.0. The lowest BCUT2D eigenvalue weighted by atomic mass is 10.1. The van der Waals surface area contributed by atoms with E-state index >= 15 is 0 Å². The fraction of sp³-hybridized carbons (Fsp3) is 0.125. The molecule has 0 amide bonds. The average Bonchev–Trinajstić information content (AvgIpc) is 2.49. The van der Waals surface area contributed by atoms with Crippen LogP contribution in [0.4, 0.5) is 0 Å². The number of ether oxygens (including phenoxy) is 1. The van der Waals surface area contributed by atoms with Crippen LogP contribution in [0, 0.1) is 6.92 Å². The van der Waals surface area contributed by atoms with Gasteiger partial charge in [-0.1, -0.05) is 23.7 Å². The molecule has 0 saturated carbocycles. The molecule has 0 radical (unpaired) electrons. The van der Waals surface area contributed by atoms with Crippen molar-refractivity contribution in [2.45, 2.75) is 6.92 Å². The number of halogens is 1. The number of para-hydroxylation sites is 1. The Morgan fingerprint density at radius 1 is 1.32 bits per heavy atom. The van der Waals surface area contributed by atoms with Gasteiger partial charge >= 0.3 is 5.97 Å². The molecular weight excluding hydrogens is 308 g/mol. The van der Waals surface area contributed by atoms with E-state index in [1.54, 1.807) is 31.2 Å². The molecule has 112 valence electrons. The molecule has 1 aromatic heterocycles. The maximum atomic E-state index is 12.6. The van der Waals surface area contributed by atoms with Gasteiger partial charge in [0.25, 0.3) is 0 Å². The number of fused-ring (bicyclic) bond motifs is 2. The molecule has 0 bridgehead atoms. The van der Waals surface area contributed by atoms with Gasteiger partial charge in [-0.15, -0.1) is 0 Å². The fourth-order valence-corrected chi connectivity index (χ4v) is 2.54. The van der Waals surface area contributed by atoms with E-state index in [-0.39, 0.29) is 16.2 Å². The van der Waals surface area contributed by atoms with E-state index in [1.165, 1.54) is 6.07 Å². The lowest BCUT2D eigenvalue weighted by Crippen LogP contribution is -2.11. The Balaban J connectivity index is 2.32. The van der Waals surface area contributed by atoms with Gasteiger partial charge in [0.05, 0.1) is 15.8 Å². The number of hydrogen-bond donors (Lipinski definition) is 1. The van der Waals surface area contributed by atoms with Crippen molar-refractivity contribution in [1.82, 2.24) is 0 Å². The number of benzene rings is 2. The lowest BCUT2D eigenvalue weighted by Gasteiger charge is -2.11. The molecule has 5 nitrogen and oxygen atoms in total. The molecule has 0 atom stereocenters. The van der Waals surface area contributed by atoms with Gasteiger partial charge in [0.15, 0.2) is 6.61 Å². The summed E-state index contributed by atoms with van der Waals surface area (Å²) < 4.78 is 10.9. The van der Waals surface area contributed by atoms with Gasteiger partial charge in [-0.2, -0.15) is 0 Å². The summed E-state index contributed by atoms with van der Waals surface area (Å²) in [6.45, 7) is 1.15. The fourth-order valence-electron chi connectivity index (χ4n) is 2.34. The molecule has 1 heterocycles. The van der Waals surface area contributed by atoms with Crippen molar-refractivity contribution in [3.8, 4) is 5.75 Å². The van der Waals surface area contributed by atoms with Crippen LogP contribution in [0.2, 0.25) is 5.02 Å². The summed E-state index contributed by atoms with van der Waals surface area (Å²) in [5, 5.41) is 9.73. The Morgan fingerprint density at radius 2 is 2.05 bits per heavy atom. The summed E-state index contributed by atoms with van der Waals surface area (Å²) in [6.07, 6.45) is 0. The highest BCUT2D eigenvalue weighted by molar-refractivity contribution is 6.33. The molecule has 0 aliphatic carbocycles. The molecule has 2 aromatic carbocycles. The van der Waals surface area contributed by atoms with E-state index in [1.807, 2.05) is 0 Å². The zero-order valence-electron chi connectivity index (χ0n) is 11.6. The zero-order valence-corrected chi connectivity index (χ0v) is 12.3. The van der Waals surface area contributed by atoms with Gasteiger partial charge in [-0.3, -0.25) is 4.79 Å². The number of hydrogen-bond acceptors (Lipinski definition) is 4. The van der Waals surface area contributed by atoms with Crippen molar-refractivity contribution >= 4 is 39.5 Å². The summed E-state index contributed by atoms with van der Waals surface area (Å²) in [4.78, 5) is 23.2. The van der Waals surface area contributed by atoms with E-state index in [0.717, 1.165) is 0 Å². The summed E-state index contributed by atoms with van der Waals surface area (Å²) >= 11 is 6.18. The van der Waals surface area contributed by atoms with E-state index < -0.39 is 12.6 Å². The highest BCUT2D eigenvalue weighted by Gasteiger charge is 2.16. The van der Waals surface area contributed by atoms with Crippen molar-refractivity contribution in [3.05, 3.63) is 51.1 Å². The molecule has 0 fully saturated rings. The van der Waals surface area contributed by atoms with Crippen molar-refractivity contribution in [2.24, 2.45) is 0 Å². The zero-order chi connectivity index (χ0) is 15.9. The number of carboxylic acid groups (broad SMARTS) is 1. The van der Waals surface area contributed by atoms with Crippen LogP contribution in [-0.2, 0) is 4.79 Å². The minimum atomic E-state index is -1.12. The van der Waals surface area contributed by atoms with Crippen molar-refractivity contribution in [3.63, 3.8) is 0 Å². The van der Waals surface area contributed by atoms with Crippen LogP contribution in [0.15, 0.2) is 39.5 Å². The van der Waals surface area contributed by atoms with Crippen molar-refractivity contribution < 1.29 is 19.1 Å². The summed E-state index contributed by atoms with van der Waals surface area (Å²) in [6, 6.07) is 8.34. The van der Waals surface area contributed by atoms with E-state index in [9.17, 15) is 9.59 Å². The minimum Gasteiger partial charge on any atom is -0.480 e. The smallest absolute Gasteiger partial charge is 0.341 e. The standard InChI is InChI=1S/C16H11ClO5/c1-8-14-11(6-12(15(8)17)21-7-13(18)19)22-10-5-3-2-4-9(10)16(14)20/h2-6H,7H2,1H3,(H,18,19). The molecule has 0 aliphatic rings. The first kappa shape index (κ1) is 14.4. The summed E-state index contributed by atoms with van der Waals surface area (Å²) in [7, 11) is 0. The Hall–Kier alpha value is -2.53. The van der Waals surface area contributed by atoms with Crippen LogP contribution in [0.5, 0.6) is 5.75 Å². The molecular formula is C16H11ClO5. The Bertz CT molecular complexity index is 958. The molecule has 22 heavy (non-hydrogen) atoms. The highest BCUT2D eigenvalue weighted by atomic mass is 35.5. The maximum Gasteiger partial charge on any atom is 0.341 e. The first-order valence-corrected chi connectivity index (χ1v) is 6.86. The van der Waals surface area contributed by atoms with Gasteiger partial charge in [0.2, 0.25) is 5.43 Å². The highest BCUT2D eigenvalue weighted by Crippen LogP contribution is 2.34. The van der Waals surface area contributed by atoms with Crippen LogP contribution in [0.1, 0.15) is 5.56 Å². The molecule has 0 unspecified atom stereocenters. The second-order valence-corrected chi connectivity index (χ2v) is 5.17. The summed E-state index contributed by atoms with van der Waals surface area (Å²) in [5.41, 5.74) is 1.08. The molecule has 1 N–H and O–H groups in total. The van der Waals surface area contributed by atoms with Crippen LogP contribution in [0.25, 0.3) is 21.9 Å². The molecule has 3 aromatic rings. The first-order valence-electron chi connectivity index (χ1n) is 6.48. The number of carboxylic acids is 1. The van der Waals surface area contributed by atoms with Crippen LogP contribution < -0.4 is 10.2 Å². The Kier molecular flexibility index (Phi) is 3.50. The van der Waals surface area contributed by atoms with Gasteiger partial charge in [0.1, 0.15) is 16.9 Å². The third kappa shape index (κ3) is 2.29. The van der Waals surface area contributed by atoms with Gasteiger partial charge in [0, 0.05) is 6.07 Å². The van der Waals surface area contributed by atoms with Crippen LogP contribution in [-0.4, -0.2) is 17.7 Å². The van der Waals surface area contributed by atoms with E-state index in [2.05, 4.69) is 0 Å². The third-order valence-corrected chi connectivity index (χ3v) is 3.83. The van der Waals surface area contributed by atoms with Gasteiger partial charge in [-0.25, -0.2) is 4.79 Å². The summed E-state index contributed by atoms with van der Waals surface area (Å²) in [5.74, 6) is -0.943. The molecule has 6 heteroatoms. The predicted octanol–water partition coefficient (Wildman–Crippen LogP) is 3.37. The minimum absolute atomic E-state index is 0.174. The largest absolute Gasteiger partial charge is 0.480 e. The second kappa shape index (κ2) is 5.35. The third-order valence-electron chi connectivity index (χ3n) is 3.36. The van der Waals surface area contributed by atoms with Crippen LogP contribution >= 0.6 is 11.6 Å². The molecule has 3 rings (SSSR count). The second-order valence-electron chi connectivity index (χ2n) is 4.80. The molecule has 0 aliphatic heterocycles. The lowest BCUT2D eigenvalue weighted by molar-refractivity contribution is -0.139. The van der Waals surface area contributed by atoms with Gasteiger partial charge < -0.3 is 14.3 Å². The number of aliphatic carboxylic acids is 1. The Labute approximate surface area is 129 Å². The number of aryl methyl sites for hydroxylation is 1. The Morgan fingerprint density at radius 3 is 2.77 bits per heavy atom. The first-order chi connectivity index (χ1) is 10.5. The van der Waals surface area contributed by atoms with Gasteiger partial charge in [-0.05, 0) is 24.6 Å². The van der Waals surface area contributed by atoms with Crippen molar-refractivity contribution in [2.75, 3.05) is 6.61 Å². The molecule has 0 saturated heterocycles. The SMILES string of the molecule is Cc1c(Cl)c(OCC(=O)O)cc2oc3ccccc3c(=O)c12. The number of carbonyl (C=O) groups is 1. The monoisotopic (exact) mass is 318 g/mol. The predicted molar refractivity (Wildman–Crippen MR) is 82.9 cm³/mol. The molecule has 0 spiro atoms. The quantitative estimate of drug-likeness (QED) is 0.749. The van der Waals surface area contributed by atoms with Crippen molar-refractivity contribution in [1.29, 1.82) is 0 Å². The maximum absolute atomic E-state index is 12.6.